The number of aromatic nitrogens is 3. The number of amides is 1. The molecule has 1 saturated heterocycles. The first-order valence-electron chi connectivity index (χ1n) is 5.72. The molecule has 0 unspecified atom stereocenters. The van der Waals surface area contributed by atoms with Gasteiger partial charge in [0.15, 0.2) is 5.69 Å². The molecule has 2 N–H and O–H groups in total. The zero-order chi connectivity index (χ0) is 11.2. The Bertz CT molecular complexity index is 318. The van der Waals surface area contributed by atoms with Crippen molar-refractivity contribution in [2.75, 3.05) is 26.2 Å². The van der Waals surface area contributed by atoms with Crippen molar-refractivity contribution in [2.24, 2.45) is 0 Å². The normalized spacial score (nSPS) is 16.5. The number of hydrogen-bond acceptors (Lipinski definition) is 4. The minimum absolute atomic E-state index is 0.157. The van der Waals surface area contributed by atoms with Crippen molar-refractivity contribution in [3.8, 4) is 0 Å². The summed E-state index contributed by atoms with van der Waals surface area (Å²) in [6.45, 7) is 4.18. The van der Waals surface area contributed by atoms with E-state index >= 15 is 0 Å². The number of nitrogens with zero attached hydrogens (tertiary/aromatic N) is 3. The van der Waals surface area contributed by atoms with Crippen LogP contribution in [0, 0.1) is 0 Å². The summed E-state index contributed by atoms with van der Waals surface area (Å²) in [4.78, 5) is 13.9. The molecule has 0 bridgehead atoms. The Balaban J connectivity index is 1.59. The van der Waals surface area contributed by atoms with Gasteiger partial charge in [0, 0.05) is 6.54 Å². The maximum absolute atomic E-state index is 11.5. The lowest BCUT2D eigenvalue weighted by atomic mass is 10.3. The maximum atomic E-state index is 11.5. The summed E-state index contributed by atoms with van der Waals surface area (Å²) in [5, 5.41) is 12.5. The molecular weight excluding hydrogens is 206 g/mol. The summed E-state index contributed by atoms with van der Waals surface area (Å²) < 4.78 is 0. The van der Waals surface area contributed by atoms with Crippen LogP contribution >= 0.6 is 0 Å². The predicted molar refractivity (Wildman–Crippen MR) is 59.0 cm³/mol. The molecule has 1 amide bonds. The summed E-state index contributed by atoms with van der Waals surface area (Å²) in [5.41, 5.74) is 0.348. The molecule has 2 rings (SSSR count). The van der Waals surface area contributed by atoms with Crippen molar-refractivity contribution < 1.29 is 4.79 Å². The second-order valence-electron chi connectivity index (χ2n) is 4.01. The lowest BCUT2D eigenvalue weighted by Crippen LogP contribution is -2.28. The van der Waals surface area contributed by atoms with Crippen LogP contribution in [0.15, 0.2) is 6.20 Å². The first kappa shape index (κ1) is 11.1. The third-order valence-corrected chi connectivity index (χ3v) is 2.78. The lowest BCUT2D eigenvalue weighted by molar-refractivity contribution is 0.0947. The third kappa shape index (κ3) is 3.03. The number of aromatic amines is 1. The Kier molecular flexibility index (Phi) is 3.87. The van der Waals surface area contributed by atoms with E-state index < -0.39 is 0 Å². The number of nitrogens with one attached hydrogen (secondary N) is 2. The minimum atomic E-state index is -0.157. The first-order valence-corrected chi connectivity index (χ1v) is 5.72. The van der Waals surface area contributed by atoms with E-state index in [1.54, 1.807) is 0 Å². The van der Waals surface area contributed by atoms with Crippen molar-refractivity contribution in [3.05, 3.63) is 11.9 Å². The molecule has 0 radical (unpaired) electrons. The molecule has 16 heavy (non-hydrogen) atoms. The Morgan fingerprint density at radius 2 is 2.31 bits per heavy atom. The number of carbonyl (C=O) groups is 1. The predicted octanol–water partition coefficient (Wildman–Crippen LogP) is 0.0204. The van der Waals surface area contributed by atoms with E-state index in [0.29, 0.717) is 12.2 Å². The van der Waals surface area contributed by atoms with E-state index in [1.807, 2.05) is 0 Å². The van der Waals surface area contributed by atoms with Gasteiger partial charge in [0.05, 0.1) is 6.20 Å². The molecule has 0 spiro atoms. The van der Waals surface area contributed by atoms with Crippen LogP contribution in [0.25, 0.3) is 0 Å². The van der Waals surface area contributed by atoms with Gasteiger partial charge in [-0.1, -0.05) is 0 Å². The highest BCUT2D eigenvalue weighted by molar-refractivity contribution is 5.91. The Labute approximate surface area is 94.4 Å². The highest BCUT2D eigenvalue weighted by Crippen LogP contribution is 2.06. The number of hydrogen-bond donors (Lipinski definition) is 2. The maximum Gasteiger partial charge on any atom is 0.273 e. The average Bonchev–Trinajstić information content (AvgIpc) is 2.96. The fourth-order valence-corrected chi connectivity index (χ4v) is 1.91. The van der Waals surface area contributed by atoms with Crippen LogP contribution in [0.5, 0.6) is 0 Å². The molecule has 0 saturated carbocycles. The number of likely N-dealkylation sites (tertiary alicyclic amines) is 1. The summed E-state index contributed by atoms with van der Waals surface area (Å²) in [6, 6.07) is 0. The van der Waals surface area contributed by atoms with Gasteiger partial charge in [-0.15, -0.1) is 0 Å². The Hall–Kier alpha value is -1.43. The molecule has 6 nitrogen and oxygen atoms in total. The largest absolute Gasteiger partial charge is 0.351 e. The minimum Gasteiger partial charge on any atom is -0.351 e. The van der Waals surface area contributed by atoms with E-state index in [-0.39, 0.29) is 5.91 Å². The van der Waals surface area contributed by atoms with Crippen LogP contribution in [0.4, 0.5) is 0 Å². The van der Waals surface area contributed by atoms with Crippen molar-refractivity contribution in [1.29, 1.82) is 0 Å². The molecule has 1 aliphatic rings. The van der Waals surface area contributed by atoms with Crippen LogP contribution in [0.1, 0.15) is 29.8 Å². The van der Waals surface area contributed by atoms with Gasteiger partial charge in [0.1, 0.15) is 0 Å². The lowest BCUT2D eigenvalue weighted by Gasteiger charge is -2.13. The summed E-state index contributed by atoms with van der Waals surface area (Å²) in [7, 11) is 0. The molecule has 0 aromatic carbocycles. The molecule has 0 aliphatic carbocycles. The zero-order valence-electron chi connectivity index (χ0n) is 9.28. The van der Waals surface area contributed by atoms with Gasteiger partial charge in [0.25, 0.3) is 5.91 Å². The van der Waals surface area contributed by atoms with E-state index in [0.717, 1.165) is 13.0 Å². The fraction of sp³-hybridized carbons (Fsp3) is 0.700. The Morgan fingerprint density at radius 3 is 3.00 bits per heavy atom. The molecule has 88 valence electrons. The molecule has 1 aromatic heterocycles. The van der Waals surface area contributed by atoms with E-state index in [2.05, 4.69) is 25.6 Å². The quantitative estimate of drug-likeness (QED) is 0.690. The van der Waals surface area contributed by atoms with Crippen molar-refractivity contribution in [1.82, 2.24) is 25.6 Å². The standard InChI is InChI=1S/C10H17N5O/c16-10(9-8-12-14-13-9)11-4-3-7-15-5-1-2-6-15/h8H,1-7H2,(H,11,16)(H,12,13,14). The topological polar surface area (TPSA) is 73.9 Å². The zero-order valence-corrected chi connectivity index (χ0v) is 9.28. The van der Waals surface area contributed by atoms with Gasteiger partial charge in [-0.2, -0.15) is 15.4 Å². The molecule has 1 aliphatic heterocycles. The van der Waals surface area contributed by atoms with Gasteiger partial charge in [-0.25, -0.2) is 0 Å². The van der Waals surface area contributed by atoms with Crippen LogP contribution in [-0.2, 0) is 0 Å². The molecular formula is C10H17N5O. The van der Waals surface area contributed by atoms with E-state index in [9.17, 15) is 4.79 Å². The van der Waals surface area contributed by atoms with Gasteiger partial charge in [-0.3, -0.25) is 4.79 Å². The van der Waals surface area contributed by atoms with E-state index in [1.165, 1.54) is 32.1 Å². The highest BCUT2D eigenvalue weighted by Gasteiger charge is 2.11. The van der Waals surface area contributed by atoms with Crippen LogP contribution in [-0.4, -0.2) is 52.4 Å². The van der Waals surface area contributed by atoms with Crippen molar-refractivity contribution in [2.45, 2.75) is 19.3 Å². The first-order chi connectivity index (χ1) is 7.86. The van der Waals surface area contributed by atoms with Gasteiger partial charge >= 0.3 is 0 Å². The summed E-state index contributed by atoms with van der Waals surface area (Å²) >= 11 is 0. The average molecular weight is 223 g/mol. The monoisotopic (exact) mass is 223 g/mol. The second-order valence-corrected chi connectivity index (χ2v) is 4.01. The van der Waals surface area contributed by atoms with Gasteiger partial charge in [0.2, 0.25) is 0 Å². The summed E-state index contributed by atoms with van der Waals surface area (Å²) in [5.74, 6) is -0.157. The molecule has 0 atom stereocenters. The smallest absolute Gasteiger partial charge is 0.273 e. The number of rotatable bonds is 5. The van der Waals surface area contributed by atoms with Crippen molar-refractivity contribution in [3.63, 3.8) is 0 Å². The molecule has 1 fully saturated rings. The van der Waals surface area contributed by atoms with Crippen LogP contribution < -0.4 is 5.32 Å². The third-order valence-electron chi connectivity index (χ3n) is 2.78. The van der Waals surface area contributed by atoms with E-state index in [4.69, 9.17) is 0 Å². The summed E-state index contributed by atoms with van der Waals surface area (Å²) in [6.07, 6.45) is 5.04. The SMILES string of the molecule is O=C(NCCCN1CCCC1)c1cn[nH]n1. The van der Waals surface area contributed by atoms with Crippen LogP contribution in [0.3, 0.4) is 0 Å². The number of H-pyrrole nitrogens is 1. The molecule has 1 aromatic rings. The second kappa shape index (κ2) is 5.60. The molecule has 6 heteroatoms. The Morgan fingerprint density at radius 1 is 1.50 bits per heavy atom. The number of carbonyl (C=O) groups excluding carboxylic acids is 1. The van der Waals surface area contributed by atoms with Gasteiger partial charge < -0.3 is 10.2 Å². The molecule has 2 heterocycles. The fourth-order valence-electron chi connectivity index (χ4n) is 1.91. The van der Waals surface area contributed by atoms with Gasteiger partial charge in [-0.05, 0) is 38.9 Å². The van der Waals surface area contributed by atoms with Crippen LogP contribution in [0.2, 0.25) is 0 Å². The van der Waals surface area contributed by atoms with Crippen molar-refractivity contribution >= 4 is 5.91 Å². The highest BCUT2D eigenvalue weighted by atomic mass is 16.1.